The second-order valence-electron chi connectivity index (χ2n) is 3.89. The molecule has 2 rings (SSSR count). The Morgan fingerprint density at radius 1 is 1.62 bits per heavy atom. The van der Waals surface area contributed by atoms with Crippen molar-refractivity contribution in [1.29, 1.82) is 0 Å². The van der Waals surface area contributed by atoms with Crippen LogP contribution in [0, 0.1) is 0 Å². The van der Waals surface area contributed by atoms with Gasteiger partial charge in [-0.25, -0.2) is 18.1 Å². The smallest absolute Gasteiger partial charge is 0.261 e. The van der Waals surface area contributed by atoms with Crippen LogP contribution in [0.4, 0.5) is 0 Å². The van der Waals surface area contributed by atoms with E-state index < -0.39 is 16.1 Å². The van der Waals surface area contributed by atoms with Crippen molar-refractivity contribution in [2.75, 3.05) is 0 Å². The number of imidazole rings is 1. The van der Waals surface area contributed by atoms with Crippen LogP contribution in [-0.4, -0.2) is 35.2 Å². The monoisotopic (exact) mass is 265 g/mol. The van der Waals surface area contributed by atoms with Gasteiger partial charge in [0.15, 0.2) is 0 Å². The number of hydrogen-bond donors (Lipinski definition) is 2. The van der Waals surface area contributed by atoms with E-state index in [1.807, 2.05) is 0 Å². The lowest BCUT2D eigenvalue weighted by Crippen LogP contribution is -2.46. The first-order valence-electron chi connectivity index (χ1n) is 4.77. The second-order valence-corrected chi connectivity index (χ2v) is 5.88. The van der Waals surface area contributed by atoms with E-state index in [0.29, 0.717) is 12.8 Å². The second kappa shape index (κ2) is 3.99. The van der Waals surface area contributed by atoms with Gasteiger partial charge in [-0.05, 0) is 12.8 Å². The fourth-order valence-corrected chi connectivity index (χ4v) is 3.23. The van der Waals surface area contributed by atoms with Gasteiger partial charge in [0.1, 0.15) is 5.15 Å². The van der Waals surface area contributed by atoms with Crippen LogP contribution in [0.2, 0.25) is 5.15 Å². The van der Waals surface area contributed by atoms with Gasteiger partial charge in [0, 0.05) is 13.1 Å². The first-order valence-corrected chi connectivity index (χ1v) is 6.63. The number of halogens is 1. The minimum absolute atomic E-state index is 0.0763. The van der Waals surface area contributed by atoms with Crippen molar-refractivity contribution in [3.63, 3.8) is 0 Å². The Morgan fingerprint density at radius 3 is 2.69 bits per heavy atom. The van der Waals surface area contributed by atoms with Crippen molar-refractivity contribution in [3.8, 4) is 0 Å². The Bertz CT molecular complexity index is 493. The molecule has 1 aromatic heterocycles. The predicted octanol–water partition coefficient (Wildman–Crippen LogP) is -0.125. The van der Waals surface area contributed by atoms with Crippen molar-refractivity contribution in [3.05, 3.63) is 11.5 Å². The summed E-state index contributed by atoms with van der Waals surface area (Å²) >= 11 is 5.80. The molecule has 1 heterocycles. The zero-order valence-corrected chi connectivity index (χ0v) is 10.2. The summed E-state index contributed by atoms with van der Waals surface area (Å²) in [5, 5.41) is 8.97. The van der Waals surface area contributed by atoms with Crippen molar-refractivity contribution < 1.29 is 13.5 Å². The van der Waals surface area contributed by atoms with Gasteiger partial charge in [0.2, 0.25) is 5.03 Å². The Kier molecular flexibility index (Phi) is 2.95. The summed E-state index contributed by atoms with van der Waals surface area (Å²) < 4.78 is 27.5. The van der Waals surface area contributed by atoms with Gasteiger partial charge >= 0.3 is 0 Å². The number of aliphatic hydroxyl groups excluding tert-OH is 1. The molecule has 0 saturated heterocycles. The summed E-state index contributed by atoms with van der Waals surface area (Å²) in [5.74, 6) is 0. The van der Waals surface area contributed by atoms with Crippen molar-refractivity contribution >= 4 is 21.6 Å². The minimum atomic E-state index is -3.68. The Labute approximate surface area is 98.3 Å². The molecule has 0 aliphatic heterocycles. The van der Waals surface area contributed by atoms with Crippen LogP contribution in [0.5, 0.6) is 0 Å². The normalized spacial score (nSPS) is 25.4. The van der Waals surface area contributed by atoms with Gasteiger partial charge < -0.3 is 9.67 Å². The topological polar surface area (TPSA) is 84.2 Å². The molecule has 1 saturated carbocycles. The molecule has 90 valence electrons. The Hall–Kier alpha value is -0.630. The summed E-state index contributed by atoms with van der Waals surface area (Å²) in [6, 6.07) is -0.224. The molecule has 0 amide bonds. The highest BCUT2D eigenvalue weighted by molar-refractivity contribution is 7.89. The van der Waals surface area contributed by atoms with E-state index in [9.17, 15) is 8.42 Å². The maximum Gasteiger partial charge on any atom is 0.261 e. The molecule has 0 aromatic carbocycles. The molecule has 1 aromatic rings. The van der Waals surface area contributed by atoms with Gasteiger partial charge in [-0.15, -0.1) is 0 Å². The van der Waals surface area contributed by atoms with Gasteiger partial charge in [-0.2, -0.15) is 0 Å². The van der Waals surface area contributed by atoms with E-state index in [1.54, 1.807) is 7.05 Å². The van der Waals surface area contributed by atoms with E-state index in [2.05, 4.69) is 9.71 Å². The van der Waals surface area contributed by atoms with Crippen LogP contribution in [0.3, 0.4) is 0 Å². The lowest BCUT2D eigenvalue weighted by molar-refractivity contribution is 0.0712. The molecular weight excluding hydrogens is 254 g/mol. The third-order valence-corrected chi connectivity index (χ3v) is 4.53. The number of aryl methyl sites for hydroxylation is 1. The van der Waals surface area contributed by atoms with Crippen LogP contribution >= 0.6 is 11.6 Å². The fourth-order valence-electron chi connectivity index (χ4n) is 1.53. The molecule has 0 atom stereocenters. The highest BCUT2D eigenvalue weighted by Gasteiger charge is 2.33. The summed E-state index contributed by atoms with van der Waals surface area (Å²) in [6.07, 6.45) is 1.80. The largest absolute Gasteiger partial charge is 0.393 e. The van der Waals surface area contributed by atoms with Crippen LogP contribution in [0.1, 0.15) is 12.8 Å². The number of sulfonamides is 1. The number of aliphatic hydroxyl groups is 1. The van der Waals surface area contributed by atoms with Crippen molar-refractivity contribution in [2.45, 2.75) is 30.0 Å². The number of rotatable bonds is 3. The lowest BCUT2D eigenvalue weighted by atomic mass is 9.91. The van der Waals surface area contributed by atoms with E-state index in [1.165, 1.54) is 10.9 Å². The first kappa shape index (κ1) is 11.8. The highest BCUT2D eigenvalue weighted by Crippen LogP contribution is 2.24. The predicted molar refractivity (Wildman–Crippen MR) is 57.6 cm³/mol. The Balaban J connectivity index is 2.16. The van der Waals surface area contributed by atoms with Crippen LogP contribution in [-0.2, 0) is 17.1 Å². The molecule has 16 heavy (non-hydrogen) atoms. The molecule has 1 aliphatic rings. The molecule has 0 unspecified atom stereocenters. The maximum atomic E-state index is 11.8. The summed E-state index contributed by atoms with van der Waals surface area (Å²) in [6.45, 7) is 0. The van der Waals surface area contributed by atoms with Crippen LogP contribution in [0.15, 0.2) is 11.4 Å². The molecule has 8 heteroatoms. The molecule has 0 bridgehead atoms. The number of hydrogen-bond acceptors (Lipinski definition) is 4. The van der Waals surface area contributed by atoms with E-state index in [-0.39, 0.29) is 16.2 Å². The molecule has 6 nitrogen and oxygen atoms in total. The summed E-state index contributed by atoms with van der Waals surface area (Å²) in [5.41, 5.74) is 0. The average molecular weight is 266 g/mol. The molecule has 0 radical (unpaired) electrons. The molecular formula is C8H12ClN3O3S. The quantitative estimate of drug-likeness (QED) is 0.798. The first-order chi connectivity index (χ1) is 7.40. The molecule has 0 spiro atoms. The van der Waals surface area contributed by atoms with E-state index in [0.717, 1.165) is 0 Å². The van der Waals surface area contributed by atoms with Crippen molar-refractivity contribution in [2.24, 2.45) is 7.05 Å². The van der Waals surface area contributed by atoms with Gasteiger partial charge in [0.25, 0.3) is 10.0 Å². The van der Waals surface area contributed by atoms with Gasteiger partial charge in [-0.3, -0.25) is 0 Å². The number of nitrogens with one attached hydrogen (secondary N) is 1. The summed E-state index contributed by atoms with van der Waals surface area (Å²) in [7, 11) is -2.07. The SMILES string of the molecule is Cn1cnc(S(=O)(=O)NC2CC(O)C2)c1Cl. The van der Waals surface area contributed by atoms with E-state index in [4.69, 9.17) is 16.7 Å². The third kappa shape index (κ3) is 2.08. The third-order valence-electron chi connectivity index (χ3n) is 2.52. The maximum absolute atomic E-state index is 11.8. The highest BCUT2D eigenvalue weighted by atomic mass is 35.5. The van der Waals surface area contributed by atoms with E-state index >= 15 is 0 Å². The zero-order valence-electron chi connectivity index (χ0n) is 8.59. The lowest BCUT2D eigenvalue weighted by Gasteiger charge is -2.31. The van der Waals surface area contributed by atoms with Crippen LogP contribution < -0.4 is 4.72 Å². The standard InChI is InChI=1S/C8H12ClN3O3S/c1-12-4-10-8(7(12)9)16(14,15)11-5-2-6(13)3-5/h4-6,11,13H,2-3H2,1H3. The van der Waals surface area contributed by atoms with Gasteiger partial charge in [0.05, 0.1) is 12.4 Å². The molecule has 2 N–H and O–H groups in total. The molecule has 1 fully saturated rings. The summed E-state index contributed by atoms with van der Waals surface area (Å²) in [4.78, 5) is 3.74. The minimum Gasteiger partial charge on any atom is -0.393 e. The Morgan fingerprint density at radius 2 is 2.25 bits per heavy atom. The number of aromatic nitrogens is 2. The number of nitrogens with zero attached hydrogens (tertiary/aromatic N) is 2. The van der Waals surface area contributed by atoms with Crippen molar-refractivity contribution in [1.82, 2.24) is 14.3 Å². The fraction of sp³-hybridized carbons (Fsp3) is 0.625. The average Bonchev–Trinajstić information content (AvgIpc) is 2.45. The molecule has 1 aliphatic carbocycles. The van der Waals surface area contributed by atoms with Gasteiger partial charge in [-0.1, -0.05) is 11.6 Å². The zero-order chi connectivity index (χ0) is 11.9. The van der Waals surface area contributed by atoms with Crippen LogP contribution in [0.25, 0.3) is 0 Å².